The number of hydrogen-bond acceptors (Lipinski definition) is 5. The summed E-state index contributed by atoms with van der Waals surface area (Å²) in [6, 6.07) is 10.5. The topological polar surface area (TPSA) is 71.3 Å². The average Bonchev–Trinajstić information content (AvgIpc) is 3.37. The number of halogens is 3. The van der Waals surface area contributed by atoms with E-state index in [0.717, 1.165) is 12.1 Å². The minimum Gasteiger partial charge on any atom is -0.366 e. The molecule has 0 radical (unpaired) electrons. The Hall–Kier alpha value is -2.92. The summed E-state index contributed by atoms with van der Waals surface area (Å²) in [5.41, 5.74) is 0.620. The highest BCUT2D eigenvalue weighted by Crippen LogP contribution is 2.36. The molecule has 2 aromatic carbocycles. The van der Waals surface area contributed by atoms with Gasteiger partial charge in [-0.15, -0.1) is 10.2 Å². The fraction of sp³-hybridized carbons (Fsp3) is 0.417. The van der Waals surface area contributed by atoms with Gasteiger partial charge in [0.25, 0.3) is 0 Å². The standard InChI is InChI=1S/C24H26F3N5O2S/c25-19-12-23(30-10-8-22(21(27)14-30)31-15-28-29-16-31)20(26)11-18(19)13-32-9-4-7-24(35(32,33)34)17-5-2-1-3-6-17/h1-3,5-6,11-12,15-16,21-22,24H,4,7-10,13-14H2/t21-,22+,24+/m0/s1. The first-order valence-electron chi connectivity index (χ1n) is 11.6. The molecule has 7 nitrogen and oxygen atoms in total. The largest absolute Gasteiger partial charge is 0.366 e. The first kappa shape index (κ1) is 23.8. The highest BCUT2D eigenvalue weighted by Gasteiger charge is 2.37. The molecule has 3 aromatic rings. The molecule has 3 heterocycles. The van der Waals surface area contributed by atoms with Crippen molar-refractivity contribution in [2.24, 2.45) is 0 Å². The lowest BCUT2D eigenvalue weighted by molar-refractivity contribution is 0.199. The molecule has 0 aliphatic carbocycles. The summed E-state index contributed by atoms with van der Waals surface area (Å²) in [5.74, 6) is -1.42. The molecule has 0 bridgehead atoms. The Morgan fingerprint density at radius 2 is 1.71 bits per heavy atom. The average molecular weight is 506 g/mol. The smallest absolute Gasteiger partial charge is 0.221 e. The normalized spacial score (nSPS) is 25.0. The van der Waals surface area contributed by atoms with Gasteiger partial charge in [-0.25, -0.2) is 21.6 Å². The molecule has 2 saturated heterocycles. The first-order valence-corrected chi connectivity index (χ1v) is 13.1. The summed E-state index contributed by atoms with van der Waals surface area (Å²) in [5, 5.41) is 6.69. The predicted molar refractivity (Wildman–Crippen MR) is 125 cm³/mol. The molecule has 186 valence electrons. The fourth-order valence-electron chi connectivity index (χ4n) is 5.04. The number of hydrogen-bond donors (Lipinski definition) is 0. The number of alkyl halides is 1. The van der Waals surface area contributed by atoms with E-state index in [9.17, 15) is 12.8 Å². The van der Waals surface area contributed by atoms with E-state index in [-0.39, 0.29) is 30.9 Å². The van der Waals surface area contributed by atoms with Crippen molar-refractivity contribution < 1.29 is 21.6 Å². The zero-order chi connectivity index (χ0) is 24.6. The Morgan fingerprint density at radius 3 is 2.43 bits per heavy atom. The second-order valence-electron chi connectivity index (χ2n) is 9.04. The molecular formula is C24H26F3N5O2S. The molecule has 0 spiro atoms. The van der Waals surface area contributed by atoms with Gasteiger partial charge in [0.15, 0.2) is 0 Å². The van der Waals surface area contributed by atoms with Gasteiger partial charge in [0.1, 0.15) is 35.7 Å². The van der Waals surface area contributed by atoms with Crippen LogP contribution in [0.3, 0.4) is 0 Å². The minimum absolute atomic E-state index is 0.0280. The lowest BCUT2D eigenvalue weighted by atomic mass is 10.0. The van der Waals surface area contributed by atoms with Gasteiger partial charge in [-0.1, -0.05) is 30.3 Å². The highest BCUT2D eigenvalue weighted by atomic mass is 32.2. The molecule has 2 aliphatic heterocycles. The van der Waals surface area contributed by atoms with E-state index in [1.165, 1.54) is 21.9 Å². The van der Waals surface area contributed by atoms with Crippen molar-refractivity contribution in [1.82, 2.24) is 19.1 Å². The van der Waals surface area contributed by atoms with E-state index in [1.54, 1.807) is 28.8 Å². The summed E-state index contributed by atoms with van der Waals surface area (Å²) >= 11 is 0. The molecule has 1 aromatic heterocycles. The molecule has 0 amide bonds. The van der Waals surface area contributed by atoms with E-state index in [2.05, 4.69) is 10.2 Å². The van der Waals surface area contributed by atoms with Gasteiger partial charge in [-0.3, -0.25) is 0 Å². The SMILES string of the molecule is O=S1(=O)[C@@H](c2ccccc2)CCCN1Cc1cc(F)c(N2CC[C@@H](n3cnnc3)[C@@H](F)C2)cc1F. The van der Waals surface area contributed by atoms with Gasteiger partial charge in [-0.2, -0.15) is 4.31 Å². The Balaban J connectivity index is 1.33. The lowest BCUT2D eigenvalue weighted by Crippen LogP contribution is -2.43. The molecule has 2 aliphatic rings. The van der Waals surface area contributed by atoms with Gasteiger partial charge in [0.05, 0.1) is 18.3 Å². The molecule has 2 fully saturated rings. The lowest BCUT2D eigenvalue weighted by Gasteiger charge is -2.36. The number of piperidine rings is 1. The monoisotopic (exact) mass is 505 g/mol. The van der Waals surface area contributed by atoms with Gasteiger partial charge >= 0.3 is 0 Å². The van der Waals surface area contributed by atoms with Crippen LogP contribution in [0.5, 0.6) is 0 Å². The third kappa shape index (κ3) is 4.66. The summed E-state index contributed by atoms with van der Waals surface area (Å²) in [7, 11) is -3.74. The van der Waals surface area contributed by atoms with Crippen molar-refractivity contribution in [2.75, 3.05) is 24.5 Å². The number of anilines is 1. The third-order valence-electron chi connectivity index (χ3n) is 6.89. The second kappa shape index (κ2) is 9.62. The van der Waals surface area contributed by atoms with E-state index in [1.807, 2.05) is 6.07 Å². The number of benzene rings is 2. The van der Waals surface area contributed by atoms with Crippen molar-refractivity contribution >= 4 is 15.7 Å². The maximum atomic E-state index is 15.1. The Kier molecular flexibility index (Phi) is 6.54. The summed E-state index contributed by atoms with van der Waals surface area (Å²) in [6.07, 6.45) is 3.07. The minimum atomic E-state index is -3.74. The van der Waals surface area contributed by atoms with Crippen molar-refractivity contribution in [3.63, 3.8) is 0 Å². The van der Waals surface area contributed by atoms with E-state index >= 15 is 8.78 Å². The fourth-order valence-corrected chi connectivity index (χ4v) is 7.07. The van der Waals surface area contributed by atoms with Gasteiger partial charge in [-0.05, 0) is 30.9 Å². The van der Waals surface area contributed by atoms with Gasteiger partial charge in [0.2, 0.25) is 10.0 Å². The summed E-state index contributed by atoms with van der Waals surface area (Å²) in [6.45, 7) is 0.223. The van der Waals surface area contributed by atoms with Crippen LogP contribution in [0.4, 0.5) is 18.9 Å². The molecule has 0 unspecified atom stereocenters. The number of aromatic nitrogens is 3. The van der Waals surface area contributed by atoms with Crippen LogP contribution in [0.15, 0.2) is 55.1 Å². The Labute approximate surface area is 202 Å². The van der Waals surface area contributed by atoms with Crippen molar-refractivity contribution in [3.8, 4) is 0 Å². The maximum absolute atomic E-state index is 15.1. The molecule has 0 saturated carbocycles. The second-order valence-corrected chi connectivity index (χ2v) is 11.2. The van der Waals surface area contributed by atoms with Crippen LogP contribution < -0.4 is 4.90 Å². The van der Waals surface area contributed by atoms with E-state index in [4.69, 9.17) is 0 Å². The van der Waals surface area contributed by atoms with Crippen LogP contribution in [-0.4, -0.2) is 53.3 Å². The molecule has 3 atom stereocenters. The van der Waals surface area contributed by atoms with Crippen LogP contribution in [-0.2, 0) is 16.6 Å². The third-order valence-corrected chi connectivity index (χ3v) is 9.15. The molecule has 35 heavy (non-hydrogen) atoms. The number of sulfonamides is 1. The zero-order valence-electron chi connectivity index (χ0n) is 19.0. The maximum Gasteiger partial charge on any atom is 0.221 e. The van der Waals surface area contributed by atoms with Crippen LogP contribution in [0, 0.1) is 11.6 Å². The summed E-state index contributed by atoms with van der Waals surface area (Å²) < 4.78 is 74.3. The van der Waals surface area contributed by atoms with Gasteiger partial charge in [0, 0.05) is 31.3 Å². The van der Waals surface area contributed by atoms with Crippen LogP contribution >= 0.6 is 0 Å². The Bertz CT molecular complexity index is 1270. The molecule has 11 heteroatoms. The van der Waals surface area contributed by atoms with Crippen molar-refractivity contribution in [1.29, 1.82) is 0 Å². The summed E-state index contributed by atoms with van der Waals surface area (Å²) in [4.78, 5) is 1.48. The van der Waals surface area contributed by atoms with Crippen LogP contribution in [0.2, 0.25) is 0 Å². The van der Waals surface area contributed by atoms with Crippen LogP contribution in [0.25, 0.3) is 0 Å². The molecule has 5 rings (SSSR count). The first-order chi connectivity index (χ1) is 16.8. The van der Waals surface area contributed by atoms with Gasteiger partial charge < -0.3 is 9.47 Å². The molecule has 0 N–H and O–H groups in total. The van der Waals surface area contributed by atoms with Crippen molar-refractivity contribution in [3.05, 3.63) is 77.9 Å². The van der Waals surface area contributed by atoms with E-state index < -0.39 is 39.1 Å². The Morgan fingerprint density at radius 1 is 0.971 bits per heavy atom. The van der Waals surface area contributed by atoms with Crippen LogP contribution in [0.1, 0.15) is 41.7 Å². The molecular weight excluding hydrogens is 479 g/mol. The predicted octanol–water partition coefficient (Wildman–Crippen LogP) is 4.01. The van der Waals surface area contributed by atoms with E-state index in [0.29, 0.717) is 31.4 Å². The highest BCUT2D eigenvalue weighted by molar-refractivity contribution is 7.89. The number of nitrogens with zero attached hydrogens (tertiary/aromatic N) is 5. The number of rotatable bonds is 5. The quantitative estimate of drug-likeness (QED) is 0.524. The zero-order valence-corrected chi connectivity index (χ0v) is 19.8. The van der Waals surface area contributed by atoms with Crippen molar-refractivity contribution in [2.45, 2.75) is 43.3 Å².